The second-order valence-corrected chi connectivity index (χ2v) is 6.42. The number of carbonyl (C=O) groups excluding carboxylic acids is 1. The molecule has 0 spiro atoms. The van der Waals surface area contributed by atoms with Crippen LogP contribution < -0.4 is 5.69 Å². The summed E-state index contributed by atoms with van der Waals surface area (Å²) in [6.45, 7) is 1.02. The number of nitrogens with zero attached hydrogens (tertiary/aromatic N) is 3. The molecule has 7 nitrogen and oxygen atoms in total. The Hall–Kier alpha value is -2.41. The summed E-state index contributed by atoms with van der Waals surface area (Å²) in [6, 6.07) is 9.98. The fraction of sp³-hybridized carbons (Fsp3) is 0.471. The van der Waals surface area contributed by atoms with E-state index in [0.29, 0.717) is 19.6 Å². The first kappa shape index (κ1) is 15.1. The van der Waals surface area contributed by atoms with Crippen molar-refractivity contribution in [3.63, 3.8) is 0 Å². The van der Waals surface area contributed by atoms with Crippen molar-refractivity contribution in [2.24, 2.45) is 0 Å². The monoisotopic (exact) mass is 328 g/mol. The van der Waals surface area contributed by atoms with Crippen LogP contribution in [0.25, 0.3) is 0 Å². The van der Waals surface area contributed by atoms with Gasteiger partial charge >= 0.3 is 5.69 Å². The van der Waals surface area contributed by atoms with Crippen LogP contribution in [0.3, 0.4) is 0 Å². The fourth-order valence-corrected chi connectivity index (χ4v) is 3.77. The molecule has 2 aromatic rings. The first-order valence-electron chi connectivity index (χ1n) is 8.29. The van der Waals surface area contributed by atoms with E-state index in [2.05, 4.69) is 10.2 Å². The molecule has 0 aliphatic carbocycles. The van der Waals surface area contributed by atoms with Gasteiger partial charge in [-0.05, 0) is 18.4 Å². The van der Waals surface area contributed by atoms with Crippen LogP contribution in [0, 0.1) is 0 Å². The molecule has 2 atom stereocenters. The third-order valence-corrected chi connectivity index (χ3v) is 4.89. The maximum atomic E-state index is 12.6. The third kappa shape index (κ3) is 2.75. The summed E-state index contributed by atoms with van der Waals surface area (Å²) >= 11 is 0. The Balaban J connectivity index is 1.41. The van der Waals surface area contributed by atoms with Crippen molar-refractivity contribution in [3.8, 4) is 0 Å². The average molecular weight is 328 g/mol. The second kappa shape index (κ2) is 6.24. The molecule has 1 aromatic carbocycles. The van der Waals surface area contributed by atoms with E-state index in [1.54, 1.807) is 4.57 Å². The number of rotatable bonds is 4. The van der Waals surface area contributed by atoms with Crippen LogP contribution in [0.1, 0.15) is 24.2 Å². The highest BCUT2D eigenvalue weighted by Crippen LogP contribution is 2.30. The predicted molar refractivity (Wildman–Crippen MR) is 86.3 cm³/mol. The molecule has 1 saturated heterocycles. The van der Waals surface area contributed by atoms with Gasteiger partial charge in [0.15, 0.2) is 0 Å². The van der Waals surface area contributed by atoms with Crippen molar-refractivity contribution in [2.75, 3.05) is 6.61 Å². The summed E-state index contributed by atoms with van der Waals surface area (Å²) in [5.41, 5.74) is 0.862. The zero-order valence-electron chi connectivity index (χ0n) is 13.4. The molecule has 2 bridgehead atoms. The van der Waals surface area contributed by atoms with Crippen molar-refractivity contribution < 1.29 is 9.53 Å². The van der Waals surface area contributed by atoms with Gasteiger partial charge in [-0.1, -0.05) is 30.3 Å². The summed E-state index contributed by atoms with van der Waals surface area (Å²) in [5.74, 6) is 0.746. The number of aromatic nitrogens is 3. The normalized spacial score (nSPS) is 22.2. The Labute approximate surface area is 139 Å². The number of carbonyl (C=O) groups is 1. The smallest absolute Gasteiger partial charge is 0.343 e. The largest absolute Gasteiger partial charge is 0.367 e. The first-order valence-corrected chi connectivity index (χ1v) is 8.29. The highest BCUT2D eigenvalue weighted by molar-refractivity contribution is 5.78. The molecule has 1 fully saturated rings. The van der Waals surface area contributed by atoms with Gasteiger partial charge in [0.25, 0.3) is 0 Å². The summed E-state index contributed by atoms with van der Waals surface area (Å²) in [7, 11) is 0. The highest BCUT2D eigenvalue weighted by Gasteiger charge is 2.40. The SMILES string of the molecule is O=C(COCc1ccccc1)N1[C@@H]2CC[C@H]1Cc1n[nH]c(=O)n1C2. The van der Waals surface area contributed by atoms with Crippen LogP contribution >= 0.6 is 0 Å². The van der Waals surface area contributed by atoms with Crippen LogP contribution in [-0.4, -0.2) is 44.3 Å². The fourth-order valence-electron chi connectivity index (χ4n) is 3.77. The second-order valence-electron chi connectivity index (χ2n) is 6.42. The zero-order valence-corrected chi connectivity index (χ0v) is 13.4. The van der Waals surface area contributed by atoms with Gasteiger partial charge in [-0.15, -0.1) is 0 Å². The molecule has 0 radical (unpaired) electrons. The molecule has 1 amide bonds. The Morgan fingerprint density at radius 3 is 2.88 bits per heavy atom. The highest BCUT2D eigenvalue weighted by atomic mass is 16.5. The van der Waals surface area contributed by atoms with E-state index in [1.807, 2.05) is 35.2 Å². The summed E-state index contributed by atoms with van der Waals surface area (Å²) in [6.07, 6.45) is 2.50. The average Bonchev–Trinajstić information content (AvgIpc) is 3.07. The lowest BCUT2D eigenvalue weighted by Crippen LogP contribution is -2.44. The standard InChI is InChI=1S/C17H20N4O3/c22-16(11-24-10-12-4-2-1-3-5-12)21-13-6-7-14(21)9-20-15(8-13)18-19-17(20)23/h1-5,13-14H,6-11H2,(H,19,23)/t13-,14+/m0/s1. The van der Waals surface area contributed by atoms with Crippen LogP contribution in [0.15, 0.2) is 35.1 Å². The number of ether oxygens (including phenoxy) is 1. The van der Waals surface area contributed by atoms with Gasteiger partial charge in [-0.25, -0.2) is 9.89 Å². The number of hydrogen-bond acceptors (Lipinski definition) is 4. The Morgan fingerprint density at radius 2 is 2.04 bits per heavy atom. The van der Waals surface area contributed by atoms with Gasteiger partial charge < -0.3 is 9.64 Å². The van der Waals surface area contributed by atoms with Crippen molar-refractivity contribution in [3.05, 3.63) is 52.2 Å². The van der Waals surface area contributed by atoms with E-state index in [-0.39, 0.29) is 30.3 Å². The van der Waals surface area contributed by atoms with E-state index in [4.69, 9.17) is 4.74 Å². The number of amides is 1. The summed E-state index contributed by atoms with van der Waals surface area (Å²) in [5, 5.41) is 6.59. The van der Waals surface area contributed by atoms with Crippen LogP contribution in [0.5, 0.6) is 0 Å². The number of aromatic amines is 1. The Kier molecular flexibility index (Phi) is 3.93. The molecular formula is C17H20N4O3. The predicted octanol–water partition coefficient (Wildman–Crippen LogP) is 0.704. The molecule has 7 heteroatoms. The molecule has 126 valence electrons. The molecule has 1 N–H and O–H groups in total. The van der Waals surface area contributed by atoms with Crippen molar-refractivity contribution in [2.45, 2.75) is 44.5 Å². The number of hydrogen-bond donors (Lipinski definition) is 1. The van der Waals surface area contributed by atoms with E-state index in [0.717, 1.165) is 24.2 Å². The minimum atomic E-state index is -0.190. The van der Waals surface area contributed by atoms with Crippen LogP contribution in [0.4, 0.5) is 0 Å². The molecule has 24 heavy (non-hydrogen) atoms. The molecule has 0 saturated carbocycles. The minimum absolute atomic E-state index is 0.000567. The van der Waals surface area contributed by atoms with Gasteiger partial charge in [0, 0.05) is 19.0 Å². The van der Waals surface area contributed by atoms with Crippen LogP contribution in [-0.2, 0) is 29.1 Å². The van der Waals surface area contributed by atoms with Gasteiger partial charge in [-0.2, -0.15) is 5.10 Å². The quantitative estimate of drug-likeness (QED) is 0.896. The van der Waals surface area contributed by atoms with E-state index >= 15 is 0 Å². The molecule has 1 aromatic heterocycles. The summed E-state index contributed by atoms with van der Waals surface area (Å²) < 4.78 is 7.26. The molecule has 3 heterocycles. The molecular weight excluding hydrogens is 308 g/mol. The molecule has 2 aliphatic rings. The van der Waals surface area contributed by atoms with Crippen LogP contribution in [0.2, 0.25) is 0 Å². The lowest BCUT2D eigenvalue weighted by atomic mass is 10.1. The Morgan fingerprint density at radius 1 is 1.25 bits per heavy atom. The minimum Gasteiger partial charge on any atom is -0.367 e. The van der Waals surface area contributed by atoms with Crippen molar-refractivity contribution in [1.29, 1.82) is 0 Å². The van der Waals surface area contributed by atoms with Gasteiger partial charge in [0.05, 0.1) is 12.6 Å². The van der Waals surface area contributed by atoms with Gasteiger partial charge in [0.1, 0.15) is 12.4 Å². The van der Waals surface area contributed by atoms with Crippen molar-refractivity contribution in [1.82, 2.24) is 19.7 Å². The lowest BCUT2D eigenvalue weighted by molar-refractivity contribution is -0.139. The lowest BCUT2D eigenvalue weighted by Gasteiger charge is -2.27. The topological polar surface area (TPSA) is 80.2 Å². The molecule has 4 rings (SSSR count). The number of H-pyrrole nitrogens is 1. The molecule has 0 unspecified atom stereocenters. The zero-order chi connectivity index (χ0) is 16.5. The summed E-state index contributed by atoms with van der Waals surface area (Å²) in [4.78, 5) is 26.4. The molecule has 2 aliphatic heterocycles. The maximum absolute atomic E-state index is 12.6. The number of fused-ring (bicyclic) bond motifs is 3. The Bertz CT molecular complexity index is 783. The van der Waals surface area contributed by atoms with E-state index < -0.39 is 0 Å². The third-order valence-electron chi connectivity index (χ3n) is 4.89. The maximum Gasteiger partial charge on any atom is 0.343 e. The van der Waals surface area contributed by atoms with E-state index in [1.165, 1.54) is 0 Å². The van der Waals surface area contributed by atoms with E-state index in [9.17, 15) is 9.59 Å². The first-order chi connectivity index (χ1) is 11.7. The van der Waals surface area contributed by atoms with Gasteiger partial charge in [0.2, 0.25) is 5.91 Å². The van der Waals surface area contributed by atoms with Gasteiger partial charge in [-0.3, -0.25) is 9.36 Å². The number of benzene rings is 1. The number of nitrogens with one attached hydrogen (secondary N) is 1. The van der Waals surface area contributed by atoms with Crippen molar-refractivity contribution >= 4 is 5.91 Å².